The minimum Gasteiger partial charge on any atom is -0.384 e. The van der Waals surface area contributed by atoms with E-state index in [0.29, 0.717) is 10.9 Å². The van der Waals surface area contributed by atoms with Gasteiger partial charge in [0.15, 0.2) is 0 Å². The van der Waals surface area contributed by atoms with Crippen LogP contribution < -0.4 is 11.1 Å². The van der Waals surface area contributed by atoms with Gasteiger partial charge in [-0.15, -0.1) is 0 Å². The van der Waals surface area contributed by atoms with Gasteiger partial charge in [0.2, 0.25) is 0 Å². The van der Waals surface area contributed by atoms with Gasteiger partial charge in [-0.05, 0) is 57.1 Å². The van der Waals surface area contributed by atoms with Gasteiger partial charge in [-0.1, -0.05) is 45.9 Å². The monoisotopic (exact) mass is 389 g/mol. The van der Waals surface area contributed by atoms with Crippen molar-refractivity contribution in [2.45, 2.75) is 55.4 Å². The van der Waals surface area contributed by atoms with Gasteiger partial charge in [0.1, 0.15) is 24.2 Å². The Balaban J connectivity index is -0.00000123. The molecule has 150 valence electrons. The van der Waals surface area contributed by atoms with Gasteiger partial charge in [-0.25, -0.2) is 13.8 Å². The van der Waals surface area contributed by atoms with E-state index in [-0.39, 0.29) is 17.1 Å². The first kappa shape index (κ1) is 28.9. The molecule has 0 aliphatic heterocycles. The number of alkyl halides is 1. The molecule has 0 aromatic rings. The van der Waals surface area contributed by atoms with E-state index in [9.17, 15) is 8.78 Å². The molecule has 0 spiro atoms. The Labute approximate surface area is 163 Å². The smallest absolute Gasteiger partial charge is 0.133 e. The van der Waals surface area contributed by atoms with Crippen LogP contribution in [0.3, 0.4) is 0 Å². The van der Waals surface area contributed by atoms with E-state index in [1.165, 1.54) is 19.1 Å². The molecule has 0 fully saturated rings. The minimum absolute atomic E-state index is 0.192. The molecule has 0 aliphatic rings. The molecule has 0 rings (SSSR count). The van der Waals surface area contributed by atoms with Gasteiger partial charge in [-0.2, -0.15) is 0 Å². The van der Waals surface area contributed by atoms with Crippen LogP contribution in [0.4, 0.5) is 8.78 Å². The fourth-order valence-electron chi connectivity index (χ4n) is 1.16. The van der Waals surface area contributed by atoms with Crippen molar-refractivity contribution in [3.8, 4) is 0 Å². The van der Waals surface area contributed by atoms with E-state index >= 15 is 0 Å². The third-order valence-electron chi connectivity index (χ3n) is 2.35. The molecule has 0 heterocycles. The Morgan fingerprint density at radius 2 is 1.62 bits per heavy atom. The minimum atomic E-state index is -0.767. The van der Waals surface area contributed by atoms with Gasteiger partial charge in [0, 0.05) is 10.7 Å². The lowest BCUT2D eigenvalue weighted by molar-refractivity contribution is 0.559. The number of halogens is 3. The molecule has 0 saturated carbocycles. The normalized spacial score (nSPS) is 12.3. The lowest BCUT2D eigenvalue weighted by atomic mass is 10.2. The van der Waals surface area contributed by atoms with E-state index in [2.05, 4.69) is 16.9 Å². The molecule has 0 saturated heterocycles. The van der Waals surface area contributed by atoms with E-state index in [0.717, 1.165) is 11.6 Å². The lowest BCUT2D eigenvalue weighted by Crippen LogP contribution is -2.22. The van der Waals surface area contributed by atoms with Crippen molar-refractivity contribution in [1.29, 1.82) is 0 Å². The molecule has 26 heavy (non-hydrogen) atoms. The van der Waals surface area contributed by atoms with Crippen molar-refractivity contribution in [2.24, 2.45) is 10.7 Å². The zero-order chi connectivity index (χ0) is 21.3. The van der Waals surface area contributed by atoms with Crippen molar-refractivity contribution in [1.82, 2.24) is 5.32 Å². The van der Waals surface area contributed by atoms with Gasteiger partial charge in [0.25, 0.3) is 0 Å². The second-order valence-electron chi connectivity index (χ2n) is 4.82. The number of hydrogen-bond acceptors (Lipinski definition) is 2. The predicted molar refractivity (Wildman–Crippen MR) is 114 cm³/mol. The molecule has 0 amide bonds. The van der Waals surface area contributed by atoms with E-state index < -0.39 is 12.5 Å². The maximum Gasteiger partial charge on any atom is 0.133 e. The topological polar surface area (TPSA) is 50.4 Å². The molecule has 0 bridgehead atoms. The second-order valence-corrected chi connectivity index (χ2v) is 5.42. The van der Waals surface area contributed by atoms with Gasteiger partial charge < -0.3 is 11.1 Å². The summed E-state index contributed by atoms with van der Waals surface area (Å²) in [6, 6.07) is 0. The van der Waals surface area contributed by atoms with E-state index in [1.54, 1.807) is 20.8 Å². The summed E-state index contributed by atoms with van der Waals surface area (Å²) in [5.41, 5.74) is 7.01. The maximum absolute atomic E-state index is 13.6. The average molecular weight is 390 g/mol. The summed E-state index contributed by atoms with van der Waals surface area (Å²) in [6.45, 7) is 17.5. The summed E-state index contributed by atoms with van der Waals surface area (Å²) < 4.78 is 26.2. The number of nitrogens with two attached hydrogens (primary N) is 1. The molecule has 0 aromatic carbocycles. The van der Waals surface area contributed by atoms with Gasteiger partial charge in [-0.3, -0.25) is 0 Å². The van der Waals surface area contributed by atoms with Crippen LogP contribution in [0.1, 0.15) is 55.4 Å². The Morgan fingerprint density at radius 3 is 1.96 bits per heavy atom. The number of rotatable bonds is 6. The van der Waals surface area contributed by atoms with Crippen LogP contribution in [0.2, 0.25) is 0 Å². The molecule has 0 aromatic heterocycles. The van der Waals surface area contributed by atoms with Crippen LogP contribution in [0, 0.1) is 0 Å². The highest BCUT2D eigenvalue weighted by atomic mass is 35.5. The summed E-state index contributed by atoms with van der Waals surface area (Å²) in [5.74, 6) is 0.00518. The highest BCUT2D eigenvalue weighted by Crippen LogP contribution is 2.11. The maximum atomic E-state index is 13.6. The molecule has 0 aliphatic carbocycles. The first-order valence-corrected chi connectivity index (χ1v) is 8.96. The lowest BCUT2D eigenvalue weighted by Gasteiger charge is -2.09. The molecule has 0 atom stereocenters. The SMILES string of the molecule is C=C(C)/C(F)=C\C(=C/CF)NC(/C=C(\C)Cl)=N/C(N)=C(C)C.CC.CC. The zero-order valence-electron chi connectivity index (χ0n) is 17.3. The van der Waals surface area contributed by atoms with Crippen LogP contribution in [-0.2, 0) is 0 Å². The van der Waals surface area contributed by atoms with Crippen molar-refractivity contribution < 1.29 is 8.78 Å². The standard InChI is InChI=1S/C16H22ClF2N3.2C2H6/c1-10(2)14(19)9-13(6-7-18)21-15(8-12(5)17)22-16(20)11(3)4;2*1-2/h6,8-9H,1,7,20H2,2-5H3,(H,21,22);2*1-2H3/b12-8+,13-6+,14-9+;;. The zero-order valence-corrected chi connectivity index (χ0v) is 18.1. The molecule has 0 unspecified atom stereocenters. The molecule has 3 nitrogen and oxygen atoms in total. The van der Waals surface area contributed by atoms with Gasteiger partial charge in [0.05, 0.1) is 0 Å². The number of amidine groups is 1. The number of allylic oxidation sites excluding steroid dienone is 6. The summed E-state index contributed by atoms with van der Waals surface area (Å²) in [6.07, 6.45) is 3.82. The van der Waals surface area contributed by atoms with Crippen molar-refractivity contribution in [3.63, 3.8) is 0 Å². The van der Waals surface area contributed by atoms with Gasteiger partial charge >= 0.3 is 0 Å². The number of aliphatic imine (C=N–C) groups is 1. The van der Waals surface area contributed by atoms with Crippen LogP contribution >= 0.6 is 11.6 Å². The Hall–Kier alpha value is -1.88. The van der Waals surface area contributed by atoms with Crippen LogP contribution in [0.25, 0.3) is 0 Å². The third-order valence-corrected chi connectivity index (χ3v) is 2.46. The Bertz CT molecular complexity index is 564. The Morgan fingerprint density at radius 1 is 1.12 bits per heavy atom. The van der Waals surface area contributed by atoms with E-state index in [1.807, 2.05) is 27.7 Å². The third kappa shape index (κ3) is 15.6. The van der Waals surface area contributed by atoms with E-state index in [4.69, 9.17) is 17.3 Å². The van der Waals surface area contributed by atoms with Crippen molar-refractivity contribution in [2.75, 3.05) is 6.67 Å². The van der Waals surface area contributed by atoms with Crippen molar-refractivity contribution in [3.05, 3.63) is 58.3 Å². The van der Waals surface area contributed by atoms with Crippen LogP contribution in [0.15, 0.2) is 63.3 Å². The largest absolute Gasteiger partial charge is 0.384 e. The van der Waals surface area contributed by atoms with Crippen LogP contribution in [-0.4, -0.2) is 12.5 Å². The molecule has 6 heteroatoms. The van der Waals surface area contributed by atoms with Crippen LogP contribution in [0.5, 0.6) is 0 Å². The summed E-state index contributed by atoms with van der Waals surface area (Å²) in [4.78, 5) is 4.16. The molecule has 3 N–H and O–H groups in total. The summed E-state index contributed by atoms with van der Waals surface area (Å²) in [7, 11) is 0. The highest BCUT2D eigenvalue weighted by Gasteiger charge is 2.04. The Kier molecular flexibility index (Phi) is 19.9. The quantitative estimate of drug-likeness (QED) is 0.303. The fraction of sp³-hybridized carbons (Fsp3) is 0.450. The summed E-state index contributed by atoms with van der Waals surface area (Å²) >= 11 is 5.84. The molecular formula is C20H34ClF2N3. The average Bonchev–Trinajstić information content (AvgIpc) is 2.57. The predicted octanol–water partition coefficient (Wildman–Crippen LogP) is 6.66. The number of hydrogen-bond donors (Lipinski definition) is 2. The molecule has 0 radical (unpaired) electrons. The van der Waals surface area contributed by atoms with Crippen molar-refractivity contribution >= 4 is 17.4 Å². The molecular weight excluding hydrogens is 356 g/mol. The second kappa shape index (κ2) is 17.9. The first-order chi connectivity index (χ1) is 12.2. The first-order valence-electron chi connectivity index (χ1n) is 8.59. The number of nitrogens with one attached hydrogen (secondary N) is 1. The highest BCUT2D eigenvalue weighted by molar-refractivity contribution is 6.30. The fourth-order valence-corrected chi connectivity index (χ4v) is 1.27. The summed E-state index contributed by atoms with van der Waals surface area (Å²) in [5, 5.41) is 3.24. The number of nitrogens with zero attached hydrogens (tertiary/aromatic N) is 1.